The van der Waals surface area contributed by atoms with E-state index in [2.05, 4.69) is 20.5 Å². The van der Waals surface area contributed by atoms with E-state index >= 15 is 4.39 Å². The van der Waals surface area contributed by atoms with E-state index in [-0.39, 0.29) is 17.6 Å². The van der Waals surface area contributed by atoms with Crippen molar-refractivity contribution in [1.29, 1.82) is 0 Å². The number of nitrogens with one attached hydrogen (secondary N) is 2. The SMILES string of the molecule is CC(=O)N(C)CCN(C)C(=O)N1CCN(Cc2cccc(NC(=O)Nc3ccc(C)nc3)c2F)CC1. The predicted octanol–water partition coefficient (Wildman–Crippen LogP) is 2.82. The molecule has 0 saturated carbocycles. The molecule has 5 amide bonds. The van der Waals surface area contributed by atoms with Crippen molar-refractivity contribution in [3.8, 4) is 0 Å². The van der Waals surface area contributed by atoms with Gasteiger partial charge in [-0.3, -0.25) is 14.7 Å². The summed E-state index contributed by atoms with van der Waals surface area (Å²) in [6, 6.07) is 7.77. The smallest absolute Gasteiger partial charge is 0.323 e. The number of nitrogens with zero attached hydrogens (tertiary/aromatic N) is 5. The van der Waals surface area contributed by atoms with Gasteiger partial charge in [0, 0.05) is 78.1 Å². The second-order valence-corrected chi connectivity index (χ2v) is 8.95. The highest BCUT2D eigenvalue weighted by atomic mass is 19.1. The van der Waals surface area contributed by atoms with Crippen LogP contribution in [0.25, 0.3) is 0 Å². The topological polar surface area (TPSA) is 101 Å². The lowest BCUT2D eigenvalue weighted by Crippen LogP contribution is -2.52. The average Bonchev–Trinajstić information content (AvgIpc) is 2.86. The van der Waals surface area contributed by atoms with E-state index in [9.17, 15) is 14.4 Å². The lowest BCUT2D eigenvalue weighted by Gasteiger charge is -2.37. The van der Waals surface area contributed by atoms with Crippen molar-refractivity contribution >= 4 is 29.3 Å². The summed E-state index contributed by atoms with van der Waals surface area (Å²) < 4.78 is 15.1. The van der Waals surface area contributed by atoms with Gasteiger partial charge in [0.2, 0.25) is 5.91 Å². The lowest BCUT2D eigenvalue weighted by atomic mass is 10.1. The van der Waals surface area contributed by atoms with Gasteiger partial charge < -0.3 is 25.3 Å². The first kappa shape index (κ1) is 26.9. The fraction of sp³-hybridized carbons (Fsp3) is 0.440. The summed E-state index contributed by atoms with van der Waals surface area (Å²) in [6.07, 6.45) is 1.54. The molecule has 0 aliphatic carbocycles. The number of aromatic nitrogens is 1. The zero-order valence-corrected chi connectivity index (χ0v) is 21.3. The number of hydrogen-bond donors (Lipinski definition) is 2. The molecule has 10 nitrogen and oxygen atoms in total. The zero-order valence-electron chi connectivity index (χ0n) is 21.3. The van der Waals surface area contributed by atoms with Gasteiger partial charge in [0.15, 0.2) is 5.82 Å². The molecule has 3 rings (SSSR count). The molecule has 1 aromatic carbocycles. The van der Waals surface area contributed by atoms with Crippen LogP contribution in [0, 0.1) is 12.7 Å². The lowest BCUT2D eigenvalue weighted by molar-refractivity contribution is -0.127. The van der Waals surface area contributed by atoms with E-state index in [4.69, 9.17) is 0 Å². The Balaban J connectivity index is 1.50. The second-order valence-electron chi connectivity index (χ2n) is 8.95. The number of piperazine rings is 1. The molecule has 1 saturated heterocycles. The van der Waals surface area contributed by atoms with Crippen molar-refractivity contribution in [3.63, 3.8) is 0 Å². The molecule has 0 unspecified atom stereocenters. The third-order valence-electron chi connectivity index (χ3n) is 6.17. The monoisotopic (exact) mass is 499 g/mol. The highest BCUT2D eigenvalue weighted by molar-refractivity contribution is 5.99. The van der Waals surface area contributed by atoms with Crippen molar-refractivity contribution in [1.82, 2.24) is 24.6 Å². The van der Waals surface area contributed by atoms with Gasteiger partial charge in [-0.15, -0.1) is 0 Å². The Morgan fingerprint density at radius 2 is 1.69 bits per heavy atom. The zero-order chi connectivity index (χ0) is 26.2. The Morgan fingerprint density at radius 1 is 1.00 bits per heavy atom. The van der Waals surface area contributed by atoms with Crippen LogP contribution < -0.4 is 10.6 Å². The van der Waals surface area contributed by atoms with Crippen LogP contribution in [0.2, 0.25) is 0 Å². The number of amides is 5. The van der Waals surface area contributed by atoms with Crippen molar-refractivity contribution in [2.45, 2.75) is 20.4 Å². The summed E-state index contributed by atoms with van der Waals surface area (Å²) in [6.45, 7) is 6.89. The van der Waals surface area contributed by atoms with E-state index in [0.717, 1.165) is 5.69 Å². The maximum Gasteiger partial charge on any atom is 0.323 e. The maximum absolute atomic E-state index is 15.1. The maximum atomic E-state index is 15.1. The first-order chi connectivity index (χ1) is 17.1. The van der Waals surface area contributed by atoms with E-state index < -0.39 is 11.8 Å². The highest BCUT2D eigenvalue weighted by Crippen LogP contribution is 2.21. The first-order valence-electron chi connectivity index (χ1n) is 11.9. The van der Waals surface area contributed by atoms with E-state index in [1.165, 1.54) is 19.2 Å². The molecule has 0 atom stereocenters. The summed E-state index contributed by atoms with van der Waals surface area (Å²) in [5, 5.41) is 5.20. The van der Waals surface area contributed by atoms with E-state index in [0.29, 0.717) is 57.1 Å². The van der Waals surface area contributed by atoms with Crippen LogP contribution >= 0.6 is 0 Å². The largest absolute Gasteiger partial charge is 0.344 e. The Hall–Kier alpha value is -3.73. The number of carbonyl (C=O) groups excluding carboxylic acids is 3. The highest BCUT2D eigenvalue weighted by Gasteiger charge is 2.24. The van der Waals surface area contributed by atoms with Gasteiger partial charge in [-0.1, -0.05) is 12.1 Å². The van der Waals surface area contributed by atoms with Crippen LogP contribution in [-0.2, 0) is 11.3 Å². The minimum Gasteiger partial charge on any atom is -0.344 e. The summed E-state index contributed by atoms with van der Waals surface area (Å²) in [4.78, 5) is 47.5. The van der Waals surface area contributed by atoms with Gasteiger partial charge in [-0.25, -0.2) is 14.0 Å². The molecule has 0 bridgehead atoms. The average molecular weight is 500 g/mol. The molecule has 2 aromatic rings. The summed E-state index contributed by atoms with van der Waals surface area (Å²) in [5.41, 5.74) is 1.90. The minimum absolute atomic E-state index is 0.0415. The molecular weight excluding hydrogens is 465 g/mol. The van der Waals surface area contributed by atoms with Gasteiger partial charge in [0.25, 0.3) is 0 Å². The Kier molecular flexibility index (Phi) is 9.18. The van der Waals surface area contributed by atoms with Crippen LogP contribution in [0.4, 0.5) is 25.4 Å². The summed E-state index contributed by atoms with van der Waals surface area (Å²) in [7, 11) is 3.43. The van der Waals surface area contributed by atoms with Gasteiger partial charge >= 0.3 is 12.1 Å². The van der Waals surface area contributed by atoms with Gasteiger partial charge in [0.05, 0.1) is 17.6 Å². The van der Waals surface area contributed by atoms with Gasteiger partial charge in [0.1, 0.15) is 0 Å². The summed E-state index contributed by atoms with van der Waals surface area (Å²) >= 11 is 0. The van der Waals surface area contributed by atoms with Crippen molar-refractivity contribution in [2.75, 3.05) is 64.0 Å². The molecule has 194 valence electrons. The first-order valence-corrected chi connectivity index (χ1v) is 11.9. The molecule has 2 heterocycles. The Labute approximate surface area is 211 Å². The number of hydrogen-bond acceptors (Lipinski definition) is 5. The predicted molar refractivity (Wildman–Crippen MR) is 136 cm³/mol. The third kappa shape index (κ3) is 7.38. The number of rotatable bonds is 7. The second kappa shape index (κ2) is 12.3. The molecule has 1 aliphatic rings. The fourth-order valence-corrected chi connectivity index (χ4v) is 3.76. The standard InChI is InChI=1S/C25H34FN7O3/c1-18-8-9-21(16-27-18)28-24(35)29-22-7-5-6-20(23(22)26)17-32-12-14-33(15-13-32)25(36)31(4)11-10-30(3)19(2)34/h5-9,16H,10-15,17H2,1-4H3,(H2,28,29,35). The number of likely N-dealkylation sites (N-methyl/N-ethyl adjacent to an activating group) is 2. The number of anilines is 2. The Bertz CT molecular complexity index is 1070. The van der Waals surface area contributed by atoms with Gasteiger partial charge in [-0.2, -0.15) is 0 Å². The third-order valence-corrected chi connectivity index (χ3v) is 6.17. The van der Waals surface area contributed by atoms with E-state index in [1.54, 1.807) is 53.1 Å². The Morgan fingerprint density at radius 3 is 2.33 bits per heavy atom. The number of benzene rings is 1. The molecule has 11 heteroatoms. The van der Waals surface area contributed by atoms with Crippen LogP contribution in [0.1, 0.15) is 18.2 Å². The number of halogens is 1. The molecule has 0 spiro atoms. The number of pyridine rings is 1. The normalized spacial score (nSPS) is 13.8. The molecule has 2 N–H and O–H groups in total. The number of carbonyl (C=O) groups is 3. The van der Waals surface area contributed by atoms with Crippen LogP contribution in [0.15, 0.2) is 36.5 Å². The van der Waals surface area contributed by atoms with Crippen molar-refractivity contribution in [3.05, 3.63) is 53.6 Å². The molecule has 1 aliphatic heterocycles. The summed E-state index contributed by atoms with van der Waals surface area (Å²) in [5.74, 6) is -0.525. The van der Waals surface area contributed by atoms with E-state index in [1.807, 2.05) is 6.92 Å². The minimum atomic E-state index is -0.553. The van der Waals surface area contributed by atoms with Crippen LogP contribution in [0.5, 0.6) is 0 Å². The van der Waals surface area contributed by atoms with Crippen molar-refractivity contribution < 1.29 is 18.8 Å². The molecule has 36 heavy (non-hydrogen) atoms. The van der Waals surface area contributed by atoms with Crippen LogP contribution in [-0.4, -0.2) is 95.9 Å². The molecule has 0 radical (unpaired) electrons. The van der Waals surface area contributed by atoms with Crippen molar-refractivity contribution in [2.24, 2.45) is 0 Å². The molecule has 1 fully saturated rings. The number of aryl methyl sites for hydroxylation is 1. The fourth-order valence-electron chi connectivity index (χ4n) is 3.76. The number of urea groups is 2. The quantitative estimate of drug-likeness (QED) is 0.610. The molecular formula is C25H34FN7O3. The van der Waals surface area contributed by atoms with Gasteiger partial charge in [-0.05, 0) is 25.1 Å². The van der Waals surface area contributed by atoms with Crippen LogP contribution in [0.3, 0.4) is 0 Å². The molecule has 1 aromatic heterocycles.